The zero-order valence-corrected chi connectivity index (χ0v) is 7.90. The average molecular weight is 194 g/mol. The van der Waals surface area contributed by atoms with Gasteiger partial charge in [0, 0.05) is 12.1 Å². The molecule has 0 bridgehead atoms. The van der Waals surface area contributed by atoms with E-state index in [4.69, 9.17) is 0 Å². The molecule has 0 amide bonds. The Morgan fingerprint density at radius 1 is 1.11 bits per heavy atom. The summed E-state index contributed by atoms with van der Waals surface area (Å²) in [5.74, 6) is 0. The summed E-state index contributed by atoms with van der Waals surface area (Å²) in [6.45, 7) is 4.52. The molecule has 0 aromatic rings. The van der Waals surface area contributed by atoms with Gasteiger partial charge < -0.3 is 5.32 Å². The third-order valence-corrected chi connectivity index (χ3v) is 1.84. The third kappa shape index (κ3) is 3.21. The summed E-state index contributed by atoms with van der Waals surface area (Å²) in [5.41, 5.74) is 0. The van der Waals surface area contributed by atoms with Crippen LogP contribution in [0, 0.1) is 0 Å². The van der Waals surface area contributed by atoms with Crippen LogP contribution in [0.2, 0.25) is 0 Å². The van der Waals surface area contributed by atoms with Crippen molar-refractivity contribution in [1.82, 2.24) is 5.32 Å². The van der Waals surface area contributed by atoms with Crippen molar-refractivity contribution in [3.63, 3.8) is 0 Å². The number of hydrogen-bond acceptors (Lipinski definition) is 1. The minimum Gasteiger partial charge on any atom is -0.312 e. The maximum atomic E-state index is 3.48. The van der Waals surface area contributed by atoms with Gasteiger partial charge in [0.05, 0.1) is 0 Å². The molecule has 1 aliphatic heterocycles. The lowest BCUT2D eigenvalue weighted by atomic mass is 10.0. The lowest BCUT2D eigenvalue weighted by molar-refractivity contribution is 0.352. The van der Waals surface area contributed by atoms with Crippen LogP contribution in [-0.4, -0.2) is 12.1 Å². The molecule has 0 aromatic carbocycles. The van der Waals surface area contributed by atoms with E-state index in [0.29, 0.717) is 0 Å². The van der Waals surface area contributed by atoms with Crippen LogP contribution < -0.4 is 5.32 Å². The van der Waals surface area contributed by atoms with Crippen LogP contribution >= 0.6 is 17.0 Å². The molecule has 1 rings (SSSR count). The van der Waals surface area contributed by atoms with Crippen molar-refractivity contribution in [2.75, 3.05) is 0 Å². The molecule has 0 aromatic heterocycles. The Morgan fingerprint density at radius 3 is 1.78 bits per heavy atom. The first-order valence-electron chi connectivity index (χ1n) is 3.55. The third-order valence-electron chi connectivity index (χ3n) is 1.84. The molecule has 2 unspecified atom stereocenters. The molecule has 9 heavy (non-hydrogen) atoms. The van der Waals surface area contributed by atoms with Gasteiger partial charge in [0.1, 0.15) is 0 Å². The van der Waals surface area contributed by atoms with Crippen molar-refractivity contribution in [3.8, 4) is 0 Å². The molecular formula is C7H16BrN. The van der Waals surface area contributed by atoms with Gasteiger partial charge in [0.25, 0.3) is 0 Å². The quantitative estimate of drug-likeness (QED) is 0.622. The van der Waals surface area contributed by atoms with Gasteiger partial charge in [0.2, 0.25) is 0 Å². The summed E-state index contributed by atoms with van der Waals surface area (Å²) in [7, 11) is 0. The Bertz CT molecular complexity index is 67.3. The molecule has 1 saturated heterocycles. The summed E-state index contributed by atoms with van der Waals surface area (Å²) >= 11 is 0. The molecule has 1 aliphatic rings. The Kier molecular flexibility index (Phi) is 4.50. The molecule has 1 heterocycles. The molecule has 2 atom stereocenters. The van der Waals surface area contributed by atoms with Gasteiger partial charge in [0.15, 0.2) is 0 Å². The van der Waals surface area contributed by atoms with E-state index in [1.54, 1.807) is 0 Å². The van der Waals surface area contributed by atoms with Gasteiger partial charge in [-0.25, -0.2) is 0 Å². The molecule has 2 heteroatoms. The first kappa shape index (κ1) is 9.44. The number of rotatable bonds is 0. The fourth-order valence-corrected chi connectivity index (χ4v) is 1.38. The summed E-state index contributed by atoms with van der Waals surface area (Å²) in [4.78, 5) is 0. The highest BCUT2D eigenvalue weighted by molar-refractivity contribution is 8.93. The van der Waals surface area contributed by atoms with Gasteiger partial charge in [-0.15, -0.1) is 17.0 Å². The molecule has 0 saturated carbocycles. The smallest absolute Gasteiger partial charge is 0.00412 e. The summed E-state index contributed by atoms with van der Waals surface area (Å²) in [6.07, 6.45) is 4.14. The largest absolute Gasteiger partial charge is 0.312 e. The topological polar surface area (TPSA) is 12.0 Å². The fraction of sp³-hybridized carbons (Fsp3) is 1.00. The van der Waals surface area contributed by atoms with Crippen LogP contribution in [0.25, 0.3) is 0 Å². The highest BCUT2D eigenvalue weighted by Gasteiger charge is 2.11. The molecule has 1 fully saturated rings. The number of hydrogen-bond donors (Lipinski definition) is 1. The van der Waals surface area contributed by atoms with Gasteiger partial charge in [-0.2, -0.15) is 0 Å². The van der Waals surface area contributed by atoms with E-state index in [-0.39, 0.29) is 17.0 Å². The Balaban J connectivity index is 0.000000640. The standard InChI is InChI=1S/C7H15N.BrH/c1-6-4-3-5-7(2)8-6;/h6-8H,3-5H2,1-2H3;1H. The Labute approximate surface area is 68.0 Å². The first-order valence-corrected chi connectivity index (χ1v) is 3.55. The fourth-order valence-electron chi connectivity index (χ4n) is 1.38. The van der Waals surface area contributed by atoms with Crippen molar-refractivity contribution in [2.45, 2.75) is 45.2 Å². The molecule has 0 radical (unpaired) electrons. The first-order chi connectivity index (χ1) is 3.79. The zero-order chi connectivity index (χ0) is 5.98. The number of nitrogens with one attached hydrogen (secondary N) is 1. The van der Waals surface area contributed by atoms with Crippen LogP contribution in [-0.2, 0) is 0 Å². The average Bonchev–Trinajstić information content (AvgIpc) is 1.64. The number of halogens is 1. The summed E-state index contributed by atoms with van der Waals surface area (Å²) in [5, 5.41) is 3.48. The predicted octanol–water partition coefficient (Wildman–Crippen LogP) is 2.11. The Morgan fingerprint density at radius 2 is 1.56 bits per heavy atom. The van der Waals surface area contributed by atoms with Crippen molar-refractivity contribution < 1.29 is 0 Å². The lowest BCUT2D eigenvalue weighted by Gasteiger charge is -2.25. The molecule has 1 nitrogen and oxygen atoms in total. The number of piperidine rings is 1. The van der Waals surface area contributed by atoms with E-state index in [1.165, 1.54) is 19.3 Å². The SMILES string of the molecule is Br.CC1CCCC(C)N1. The van der Waals surface area contributed by atoms with E-state index in [2.05, 4.69) is 19.2 Å². The molecule has 0 spiro atoms. The van der Waals surface area contributed by atoms with Crippen LogP contribution in [0.5, 0.6) is 0 Å². The van der Waals surface area contributed by atoms with Crippen LogP contribution in [0.4, 0.5) is 0 Å². The van der Waals surface area contributed by atoms with E-state index >= 15 is 0 Å². The van der Waals surface area contributed by atoms with E-state index in [9.17, 15) is 0 Å². The Hall–Kier alpha value is 0.440. The van der Waals surface area contributed by atoms with E-state index < -0.39 is 0 Å². The maximum absolute atomic E-state index is 3.48. The molecule has 0 aliphatic carbocycles. The highest BCUT2D eigenvalue weighted by atomic mass is 79.9. The minimum atomic E-state index is 0. The second-order valence-electron chi connectivity index (χ2n) is 2.90. The van der Waals surface area contributed by atoms with Crippen molar-refractivity contribution in [2.24, 2.45) is 0 Å². The van der Waals surface area contributed by atoms with Crippen LogP contribution in [0.3, 0.4) is 0 Å². The van der Waals surface area contributed by atoms with Gasteiger partial charge >= 0.3 is 0 Å². The monoisotopic (exact) mass is 193 g/mol. The molecule has 56 valence electrons. The van der Waals surface area contributed by atoms with Gasteiger partial charge in [-0.3, -0.25) is 0 Å². The van der Waals surface area contributed by atoms with E-state index in [0.717, 1.165) is 12.1 Å². The van der Waals surface area contributed by atoms with Crippen molar-refractivity contribution >= 4 is 17.0 Å². The van der Waals surface area contributed by atoms with E-state index in [1.807, 2.05) is 0 Å². The van der Waals surface area contributed by atoms with Crippen LogP contribution in [0.15, 0.2) is 0 Å². The highest BCUT2D eigenvalue weighted by Crippen LogP contribution is 2.10. The molecule has 1 N–H and O–H groups in total. The normalized spacial score (nSPS) is 35.3. The minimum absolute atomic E-state index is 0. The molecular weight excluding hydrogens is 178 g/mol. The predicted molar refractivity (Wildman–Crippen MR) is 46.2 cm³/mol. The van der Waals surface area contributed by atoms with Gasteiger partial charge in [-0.1, -0.05) is 6.42 Å². The zero-order valence-electron chi connectivity index (χ0n) is 6.18. The summed E-state index contributed by atoms with van der Waals surface area (Å²) < 4.78 is 0. The second-order valence-corrected chi connectivity index (χ2v) is 2.90. The van der Waals surface area contributed by atoms with Crippen LogP contribution in [0.1, 0.15) is 33.1 Å². The summed E-state index contributed by atoms with van der Waals surface area (Å²) in [6, 6.07) is 1.53. The lowest BCUT2D eigenvalue weighted by Crippen LogP contribution is -2.38. The van der Waals surface area contributed by atoms with Crippen molar-refractivity contribution in [3.05, 3.63) is 0 Å². The maximum Gasteiger partial charge on any atom is 0.00412 e. The van der Waals surface area contributed by atoms with Gasteiger partial charge in [-0.05, 0) is 26.7 Å². The second kappa shape index (κ2) is 4.29. The van der Waals surface area contributed by atoms with Crippen molar-refractivity contribution in [1.29, 1.82) is 0 Å².